The summed E-state index contributed by atoms with van der Waals surface area (Å²) in [5.74, 6) is 1.01. The molecular weight excluding hydrogens is 380 g/mol. The predicted octanol–water partition coefficient (Wildman–Crippen LogP) is 1.41. The van der Waals surface area contributed by atoms with E-state index in [0.29, 0.717) is 47.1 Å². The van der Waals surface area contributed by atoms with Crippen molar-refractivity contribution in [3.63, 3.8) is 0 Å². The van der Waals surface area contributed by atoms with E-state index in [1.165, 1.54) is 16.7 Å². The maximum Gasteiger partial charge on any atom is 0.252 e. The Kier molecular flexibility index (Phi) is 6.68. The summed E-state index contributed by atoms with van der Waals surface area (Å²) in [6.07, 6.45) is 1.55. The molecule has 8 nitrogen and oxygen atoms in total. The van der Waals surface area contributed by atoms with Crippen LogP contribution in [0.1, 0.15) is 10.4 Å². The first-order chi connectivity index (χ1) is 13.6. The fourth-order valence-electron chi connectivity index (χ4n) is 2.80. The van der Waals surface area contributed by atoms with Gasteiger partial charge >= 0.3 is 0 Å². The van der Waals surface area contributed by atoms with Gasteiger partial charge in [-0.25, -0.2) is 0 Å². The molecule has 0 radical (unpaired) electrons. The van der Waals surface area contributed by atoms with Crippen LogP contribution >= 0.6 is 11.8 Å². The van der Waals surface area contributed by atoms with E-state index in [1.54, 1.807) is 37.6 Å². The number of benzene rings is 1. The summed E-state index contributed by atoms with van der Waals surface area (Å²) in [6, 6.07) is 8.57. The van der Waals surface area contributed by atoms with Gasteiger partial charge in [-0.1, -0.05) is 0 Å². The van der Waals surface area contributed by atoms with Gasteiger partial charge in [0.15, 0.2) is 0 Å². The van der Waals surface area contributed by atoms with Crippen molar-refractivity contribution in [2.75, 3.05) is 38.5 Å². The third-order valence-electron chi connectivity index (χ3n) is 4.27. The Balaban J connectivity index is 1.71. The van der Waals surface area contributed by atoms with Gasteiger partial charge in [0.05, 0.1) is 36.2 Å². The summed E-state index contributed by atoms with van der Waals surface area (Å²) in [5.41, 5.74) is 1.06. The smallest absolute Gasteiger partial charge is 0.252 e. The minimum atomic E-state index is -0.442. The Hall–Kier alpha value is -2.83. The van der Waals surface area contributed by atoms with Crippen LogP contribution in [0, 0.1) is 11.3 Å². The van der Waals surface area contributed by atoms with Gasteiger partial charge in [0.25, 0.3) is 5.91 Å². The molecule has 1 fully saturated rings. The number of nitrogens with zero attached hydrogens (tertiary/aromatic N) is 3. The lowest BCUT2D eigenvalue weighted by Crippen LogP contribution is -2.42. The molecule has 1 atom stereocenters. The molecular formula is C19H20N4O4S. The van der Waals surface area contributed by atoms with Crippen LogP contribution in [0.4, 0.5) is 0 Å². The molecule has 2 aromatic rings. The van der Waals surface area contributed by atoms with Crippen molar-refractivity contribution < 1.29 is 19.1 Å². The van der Waals surface area contributed by atoms with Crippen LogP contribution in [0.2, 0.25) is 0 Å². The molecule has 0 bridgehead atoms. The second kappa shape index (κ2) is 9.39. The molecule has 1 N–H and O–H groups in total. The van der Waals surface area contributed by atoms with Crippen LogP contribution in [-0.4, -0.2) is 66.2 Å². The minimum absolute atomic E-state index is 0.161. The first kappa shape index (κ1) is 19.9. The van der Waals surface area contributed by atoms with Crippen LogP contribution < -0.4 is 10.1 Å². The predicted molar refractivity (Wildman–Crippen MR) is 105 cm³/mol. The molecule has 2 amide bonds. The summed E-state index contributed by atoms with van der Waals surface area (Å²) in [6.45, 7) is 0.691. The van der Waals surface area contributed by atoms with Crippen LogP contribution in [-0.2, 0) is 9.53 Å². The molecule has 1 aromatic heterocycles. The van der Waals surface area contributed by atoms with E-state index in [9.17, 15) is 9.59 Å². The zero-order valence-corrected chi connectivity index (χ0v) is 16.2. The Morgan fingerprint density at radius 2 is 2.25 bits per heavy atom. The van der Waals surface area contributed by atoms with Gasteiger partial charge in [0, 0.05) is 24.4 Å². The van der Waals surface area contributed by atoms with Crippen molar-refractivity contribution >= 4 is 34.5 Å². The van der Waals surface area contributed by atoms with Gasteiger partial charge in [0.1, 0.15) is 18.4 Å². The number of hydrogen-bond acceptors (Lipinski definition) is 7. The fourth-order valence-corrected chi connectivity index (χ4v) is 3.91. The number of methoxy groups -OCH3 is 1. The van der Waals surface area contributed by atoms with Crippen LogP contribution in [0.3, 0.4) is 0 Å². The summed E-state index contributed by atoms with van der Waals surface area (Å²) in [4.78, 5) is 30.7. The Morgan fingerprint density at radius 1 is 1.39 bits per heavy atom. The van der Waals surface area contributed by atoms with E-state index in [4.69, 9.17) is 14.7 Å². The number of thioether (sulfide) groups is 1. The quantitative estimate of drug-likeness (QED) is 0.701. The van der Waals surface area contributed by atoms with Crippen molar-refractivity contribution in [3.8, 4) is 11.8 Å². The normalized spacial score (nSPS) is 16.0. The SMILES string of the molecule is COCCOc1ccc2nccc(C(=O)NCC(=O)N3CSCC3C#N)c2c1. The fraction of sp³-hybridized carbons (Fsp3) is 0.368. The van der Waals surface area contributed by atoms with E-state index in [-0.39, 0.29) is 18.4 Å². The van der Waals surface area contributed by atoms with Crippen LogP contribution in [0.5, 0.6) is 5.75 Å². The van der Waals surface area contributed by atoms with Gasteiger partial charge in [0.2, 0.25) is 5.91 Å². The molecule has 1 aliphatic heterocycles. The molecule has 0 spiro atoms. The highest BCUT2D eigenvalue weighted by Crippen LogP contribution is 2.23. The number of nitrogens with one attached hydrogen (secondary N) is 1. The lowest BCUT2D eigenvalue weighted by atomic mass is 10.1. The Morgan fingerprint density at radius 3 is 3.04 bits per heavy atom. The lowest BCUT2D eigenvalue weighted by Gasteiger charge is -2.18. The highest BCUT2D eigenvalue weighted by Gasteiger charge is 2.29. The van der Waals surface area contributed by atoms with Crippen molar-refractivity contribution in [3.05, 3.63) is 36.0 Å². The summed E-state index contributed by atoms with van der Waals surface area (Å²) in [7, 11) is 1.59. The molecule has 2 heterocycles. The Labute approximate surface area is 166 Å². The molecule has 9 heteroatoms. The number of carbonyl (C=O) groups excluding carboxylic acids is 2. The van der Waals surface area contributed by atoms with E-state index in [1.807, 2.05) is 0 Å². The third-order valence-corrected chi connectivity index (χ3v) is 5.28. The number of nitriles is 1. The number of pyridine rings is 1. The molecule has 0 aliphatic carbocycles. The topological polar surface area (TPSA) is 105 Å². The van der Waals surface area contributed by atoms with E-state index >= 15 is 0 Å². The van der Waals surface area contributed by atoms with Gasteiger partial charge in [-0.15, -0.1) is 11.8 Å². The summed E-state index contributed by atoms with van der Waals surface area (Å²) >= 11 is 1.52. The zero-order chi connectivity index (χ0) is 19.9. The number of fused-ring (bicyclic) bond motifs is 1. The van der Waals surface area contributed by atoms with E-state index < -0.39 is 6.04 Å². The van der Waals surface area contributed by atoms with Gasteiger partial charge in [-0.2, -0.15) is 5.26 Å². The number of amides is 2. The second-order valence-corrected chi connectivity index (χ2v) is 7.07. The highest BCUT2D eigenvalue weighted by molar-refractivity contribution is 7.99. The first-order valence-electron chi connectivity index (χ1n) is 8.69. The van der Waals surface area contributed by atoms with Gasteiger partial charge in [-0.05, 0) is 24.3 Å². The number of carbonyl (C=O) groups is 2. The summed E-state index contributed by atoms with van der Waals surface area (Å²) in [5, 5.41) is 12.4. The second-order valence-electron chi connectivity index (χ2n) is 6.07. The van der Waals surface area contributed by atoms with Gasteiger partial charge < -0.3 is 19.7 Å². The number of aromatic nitrogens is 1. The molecule has 1 aliphatic rings. The third kappa shape index (κ3) is 4.52. The van der Waals surface area contributed by atoms with Crippen LogP contribution in [0.25, 0.3) is 10.9 Å². The molecule has 0 saturated carbocycles. The zero-order valence-electron chi connectivity index (χ0n) is 15.4. The maximum atomic E-state index is 12.7. The molecule has 1 aromatic carbocycles. The number of hydrogen-bond donors (Lipinski definition) is 1. The minimum Gasteiger partial charge on any atom is -0.491 e. The van der Waals surface area contributed by atoms with E-state index in [0.717, 1.165) is 0 Å². The molecule has 1 saturated heterocycles. The molecule has 28 heavy (non-hydrogen) atoms. The number of ether oxygens (including phenoxy) is 2. The largest absolute Gasteiger partial charge is 0.491 e. The maximum absolute atomic E-state index is 12.7. The average Bonchev–Trinajstić information content (AvgIpc) is 3.20. The summed E-state index contributed by atoms with van der Waals surface area (Å²) < 4.78 is 10.6. The standard InChI is InChI=1S/C19H20N4O4S/c1-26-6-7-27-14-2-3-17-16(8-14)15(4-5-21-17)19(25)22-10-18(24)23-12-28-11-13(23)9-20/h2-5,8,13H,6-7,10-12H2,1H3,(H,22,25). The van der Waals surface area contributed by atoms with Crippen molar-refractivity contribution in [1.82, 2.24) is 15.2 Å². The lowest BCUT2D eigenvalue weighted by molar-refractivity contribution is -0.129. The average molecular weight is 400 g/mol. The van der Waals surface area contributed by atoms with Crippen molar-refractivity contribution in [2.45, 2.75) is 6.04 Å². The molecule has 146 valence electrons. The van der Waals surface area contributed by atoms with Gasteiger partial charge in [-0.3, -0.25) is 14.6 Å². The first-order valence-corrected chi connectivity index (χ1v) is 9.85. The molecule has 1 unspecified atom stereocenters. The van der Waals surface area contributed by atoms with Crippen LogP contribution in [0.15, 0.2) is 30.5 Å². The van der Waals surface area contributed by atoms with Crippen molar-refractivity contribution in [1.29, 1.82) is 5.26 Å². The van der Waals surface area contributed by atoms with Crippen molar-refractivity contribution in [2.24, 2.45) is 0 Å². The Bertz CT molecular complexity index is 914. The monoisotopic (exact) mass is 400 g/mol. The van der Waals surface area contributed by atoms with E-state index in [2.05, 4.69) is 16.4 Å². The molecule has 3 rings (SSSR count). The number of rotatable bonds is 7. The highest BCUT2D eigenvalue weighted by atomic mass is 32.2.